The van der Waals surface area contributed by atoms with Gasteiger partial charge in [0.2, 0.25) is 5.91 Å². The van der Waals surface area contributed by atoms with Gasteiger partial charge in [0.25, 0.3) is 0 Å². The molecule has 1 aromatic carbocycles. The zero-order valence-electron chi connectivity index (χ0n) is 13.4. The number of alkyl carbamates (subject to hydrolysis) is 1. The number of nitrogens with zero attached hydrogens (tertiary/aromatic N) is 2. The van der Waals surface area contributed by atoms with Crippen LogP contribution in [0.25, 0.3) is 0 Å². The van der Waals surface area contributed by atoms with Crippen molar-refractivity contribution in [2.45, 2.75) is 19.5 Å². The molecule has 0 spiro atoms. The SMILES string of the molecule is COC(=O)NC(=O)[C@@H](C)N1CCN(Cc2cccc(Cl)c2)CC1. The summed E-state index contributed by atoms with van der Waals surface area (Å²) in [5.74, 6) is -0.333. The number of benzene rings is 1. The Bertz CT molecular complexity index is 559. The third-order valence-electron chi connectivity index (χ3n) is 4.04. The minimum absolute atomic E-state index is 0.333. The Morgan fingerprint density at radius 2 is 2.00 bits per heavy atom. The van der Waals surface area contributed by atoms with Gasteiger partial charge < -0.3 is 4.74 Å². The van der Waals surface area contributed by atoms with Crippen LogP contribution in [0.15, 0.2) is 24.3 Å². The Balaban J connectivity index is 1.81. The van der Waals surface area contributed by atoms with Gasteiger partial charge in [-0.15, -0.1) is 0 Å². The van der Waals surface area contributed by atoms with E-state index < -0.39 is 6.09 Å². The molecule has 2 amide bonds. The molecule has 126 valence electrons. The average Bonchev–Trinajstić information content (AvgIpc) is 2.54. The summed E-state index contributed by atoms with van der Waals surface area (Å²) in [6, 6.07) is 7.49. The molecule has 6 nitrogen and oxygen atoms in total. The van der Waals surface area contributed by atoms with Crippen molar-refractivity contribution < 1.29 is 14.3 Å². The van der Waals surface area contributed by atoms with Crippen LogP contribution in [0.2, 0.25) is 5.02 Å². The number of carbonyl (C=O) groups is 2. The first-order valence-electron chi connectivity index (χ1n) is 7.59. The Hall–Kier alpha value is -1.63. The van der Waals surface area contributed by atoms with E-state index in [1.54, 1.807) is 6.92 Å². The molecule has 1 aromatic rings. The van der Waals surface area contributed by atoms with Gasteiger partial charge in [0.05, 0.1) is 13.2 Å². The van der Waals surface area contributed by atoms with Gasteiger partial charge in [0, 0.05) is 37.7 Å². The summed E-state index contributed by atoms with van der Waals surface area (Å²) < 4.78 is 4.44. The third kappa shape index (κ3) is 5.20. The maximum atomic E-state index is 11.9. The predicted molar refractivity (Wildman–Crippen MR) is 88.3 cm³/mol. The van der Waals surface area contributed by atoms with E-state index in [4.69, 9.17) is 11.6 Å². The Labute approximate surface area is 141 Å². The summed E-state index contributed by atoms with van der Waals surface area (Å²) in [6.45, 7) is 5.92. The van der Waals surface area contributed by atoms with Crippen molar-refractivity contribution in [2.75, 3.05) is 33.3 Å². The normalized spacial score (nSPS) is 17.5. The van der Waals surface area contributed by atoms with Gasteiger partial charge in [0.15, 0.2) is 0 Å². The highest BCUT2D eigenvalue weighted by Crippen LogP contribution is 2.14. The molecule has 23 heavy (non-hydrogen) atoms. The number of amides is 2. The lowest BCUT2D eigenvalue weighted by Gasteiger charge is -2.37. The van der Waals surface area contributed by atoms with Gasteiger partial charge in [-0.1, -0.05) is 23.7 Å². The van der Waals surface area contributed by atoms with Gasteiger partial charge in [-0.05, 0) is 24.6 Å². The molecule has 1 atom stereocenters. The Morgan fingerprint density at radius 1 is 1.30 bits per heavy atom. The fourth-order valence-corrected chi connectivity index (χ4v) is 2.84. The molecule has 7 heteroatoms. The lowest BCUT2D eigenvalue weighted by atomic mass is 10.1. The molecule has 1 fully saturated rings. The number of carbonyl (C=O) groups excluding carboxylic acids is 2. The highest BCUT2D eigenvalue weighted by Gasteiger charge is 2.26. The monoisotopic (exact) mass is 339 g/mol. The molecule has 0 radical (unpaired) electrons. The first-order chi connectivity index (χ1) is 11.0. The number of rotatable bonds is 4. The van der Waals surface area contributed by atoms with Crippen molar-refractivity contribution in [3.05, 3.63) is 34.9 Å². The summed E-state index contributed by atoms with van der Waals surface area (Å²) in [5, 5.41) is 2.96. The molecule has 1 aliphatic rings. The fraction of sp³-hybridized carbons (Fsp3) is 0.500. The summed E-state index contributed by atoms with van der Waals surface area (Å²) >= 11 is 6.01. The van der Waals surface area contributed by atoms with Crippen LogP contribution in [-0.4, -0.2) is 61.1 Å². The predicted octanol–water partition coefficient (Wildman–Crippen LogP) is 1.73. The third-order valence-corrected chi connectivity index (χ3v) is 4.28. The molecule has 0 aliphatic carbocycles. The maximum Gasteiger partial charge on any atom is 0.413 e. The van der Waals surface area contributed by atoms with Crippen molar-refractivity contribution in [1.29, 1.82) is 0 Å². The maximum absolute atomic E-state index is 11.9. The number of halogens is 1. The zero-order valence-corrected chi connectivity index (χ0v) is 14.2. The molecular weight excluding hydrogens is 318 g/mol. The highest BCUT2D eigenvalue weighted by molar-refractivity contribution is 6.30. The van der Waals surface area contributed by atoms with Gasteiger partial charge in [-0.25, -0.2) is 4.79 Å². The van der Waals surface area contributed by atoms with Crippen LogP contribution in [0, 0.1) is 0 Å². The van der Waals surface area contributed by atoms with Crippen LogP contribution in [0.3, 0.4) is 0 Å². The zero-order chi connectivity index (χ0) is 16.8. The number of imide groups is 1. The highest BCUT2D eigenvalue weighted by atomic mass is 35.5. The topological polar surface area (TPSA) is 61.9 Å². The number of hydrogen-bond donors (Lipinski definition) is 1. The fourth-order valence-electron chi connectivity index (χ4n) is 2.62. The van der Waals surface area contributed by atoms with Crippen molar-refractivity contribution in [3.8, 4) is 0 Å². The second-order valence-corrected chi connectivity index (χ2v) is 6.04. The Kier molecular flexibility index (Phi) is 6.38. The second kappa shape index (κ2) is 8.29. The van der Waals surface area contributed by atoms with Crippen LogP contribution in [0.1, 0.15) is 12.5 Å². The summed E-state index contributed by atoms with van der Waals surface area (Å²) in [4.78, 5) is 27.4. The van der Waals surface area contributed by atoms with Crippen LogP contribution >= 0.6 is 11.6 Å². The summed E-state index contributed by atoms with van der Waals surface area (Å²) in [6.07, 6.45) is -0.721. The number of nitrogens with one attached hydrogen (secondary N) is 1. The minimum atomic E-state index is -0.721. The van der Waals surface area contributed by atoms with E-state index in [1.165, 1.54) is 12.7 Å². The quantitative estimate of drug-likeness (QED) is 0.905. The van der Waals surface area contributed by atoms with Crippen molar-refractivity contribution in [1.82, 2.24) is 15.1 Å². The van der Waals surface area contributed by atoms with Crippen molar-refractivity contribution in [2.24, 2.45) is 0 Å². The molecule has 1 saturated heterocycles. The smallest absolute Gasteiger partial charge is 0.413 e. The second-order valence-electron chi connectivity index (χ2n) is 5.60. The lowest BCUT2D eigenvalue weighted by molar-refractivity contribution is -0.125. The van der Waals surface area contributed by atoms with Gasteiger partial charge >= 0.3 is 6.09 Å². The summed E-state index contributed by atoms with van der Waals surface area (Å²) in [7, 11) is 1.24. The summed E-state index contributed by atoms with van der Waals surface area (Å²) in [5.41, 5.74) is 1.18. The molecule has 0 unspecified atom stereocenters. The average molecular weight is 340 g/mol. The van der Waals surface area contributed by atoms with E-state index in [2.05, 4.69) is 25.9 Å². The van der Waals surface area contributed by atoms with Crippen LogP contribution < -0.4 is 5.32 Å². The lowest BCUT2D eigenvalue weighted by Crippen LogP contribution is -2.54. The van der Waals surface area contributed by atoms with Gasteiger partial charge in [-0.3, -0.25) is 19.9 Å². The van der Waals surface area contributed by atoms with Gasteiger partial charge in [0.1, 0.15) is 0 Å². The van der Waals surface area contributed by atoms with Gasteiger partial charge in [-0.2, -0.15) is 0 Å². The van der Waals surface area contributed by atoms with Crippen molar-refractivity contribution in [3.63, 3.8) is 0 Å². The number of hydrogen-bond acceptors (Lipinski definition) is 5. The molecule has 1 aliphatic heterocycles. The minimum Gasteiger partial charge on any atom is -0.453 e. The van der Waals surface area contributed by atoms with Crippen LogP contribution in [0.5, 0.6) is 0 Å². The number of piperazine rings is 1. The molecule has 0 bridgehead atoms. The largest absolute Gasteiger partial charge is 0.453 e. The van der Waals surface area contributed by atoms with E-state index in [-0.39, 0.29) is 11.9 Å². The van der Waals surface area contributed by atoms with Crippen molar-refractivity contribution >= 4 is 23.6 Å². The molecule has 2 rings (SSSR count). The first-order valence-corrected chi connectivity index (χ1v) is 7.97. The van der Waals surface area contributed by atoms with E-state index in [0.29, 0.717) is 0 Å². The standard InChI is InChI=1S/C16H22ClN3O3/c1-12(15(21)18-16(22)23-2)20-8-6-19(7-9-20)11-13-4-3-5-14(17)10-13/h3-5,10,12H,6-9,11H2,1-2H3,(H,18,21,22)/t12-/m1/s1. The van der Waals surface area contributed by atoms with Crippen LogP contribution in [0.4, 0.5) is 4.79 Å². The van der Waals surface area contributed by atoms with E-state index in [9.17, 15) is 9.59 Å². The first kappa shape index (κ1) is 17.7. The van der Waals surface area contributed by atoms with E-state index in [0.717, 1.165) is 37.7 Å². The molecule has 1 heterocycles. The molecule has 0 saturated carbocycles. The number of ether oxygens (including phenoxy) is 1. The molecule has 0 aromatic heterocycles. The molecular formula is C16H22ClN3O3. The number of methoxy groups -OCH3 is 1. The Morgan fingerprint density at radius 3 is 2.61 bits per heavy atom. The van der Waals surface area contributed by atoms with E-state index >= 15 is 0 Å². The van der Waals surface area contributed by atoms with E-state index in [1.807, 2.05) is 18.2 Å². The molecule has 1 N–H and O–H groups in total. The van der Waals surface area contributed by atoms with Crippen LogP contribution in [-0.2, 0) is 16.1 Å².